The van der Waals surface area contributed by atoms with Gasteiger partial charge in [0.2, 0.25) is 5.90 Å². The van der Waals surface area contributed by atoms with E-state index < -0.39 is 7.92 Å². The van der Waals surface area contributed by atoms with Crippen molar-refractivity contribution in [3.05, 3.63) is 90.5 Å². The molecular formula is C24H26NOP. The van der Waals surface area contributed by atoms with Crippen molar-refractivity contribution in [3.8, 4) is 0 Å². The third kappa shape index (κ3) is 4.84. The summed E-state index contributed by atoms with van der Waals surface area (Å²) in [6, 6.07) is 29.9. The minimum Gasteiger partial charge on any atom is -0.475 e. The van der Waals surface area contributed by atoms with Crippen LogP contribution in [0.5, 0.6) is 0 Å². The summed E-state index contributed by atoms with van der Waals surface area (Å²) in [7, 11) is -0.644. The first kappa shape index (κ1) is 19.3. The molecule has 0 amide bonds. The van der Waals surface area contributed by atoms with E-state index in [0.29, 0.717) is 6.61 Å². The van der Waals surface area contributed by atoms with Gasteiger partial charge in [0, 0.05) is 5.56 Å². The Hall–Kier alpha value is -2.44. The average Bonchev–Trinajstić information content (AvgIpc) is 3.26. The maximum Gasteiger partial charge on any atom is 0.216 e. The second-order valence-corrected chi connectivity index (χ2v) is 8.45. The Morgan fingerprint density at radius 2 is 1.30 bits per heavy atom. The Morgan fingerprint density at radius 1 is 0.778 bits per heavy atom. The zero-order valence-electron chi connectivity index (χ0n) is 16.0. The quantitative estimate of drug-likeness (QED) is 0.609. The molecule has 27 heavy (non-hydrogen) atoms. The highest BCUT2D eigenvalue weighted by Gasteiger charge is 2.22. The number of hydrogen-bond donors (Lipinski definition) is 0. The average molecular weight is 375 g/mol. The van der Waals surface area contributed by atoms with Gasteiger partial charge in [0.1, 0.15) is 6.61 Å². The molecule has 0 N–H and O–H groups in total. The standard InChI is InChI=1S/C21H18NOP.C3H8/c1-3-9-17(10-4-1)24(18-11-5-2-6-12-18)20-14-8-7-13-19(20)21-22-15-16-23-21;1-3-2/h1-14H,15-16H2;3H2,1-2H3. The van der Waals surface area contributed by atoms with E-state index in [9.17, 15) is 0 Å². The van der Waals surface area contributed by atoms with Crippen LogP contribution in [0.1, 0.15) is 25.8 Å². The van der Waals surface area contributed by atoms with Crippen LogP contribution < -0.4 is 15.9 Å². The zero-order valence-corrected chi connectivity index (χ0v) is 16.9. The lowest BCUT2D eigenvalue weighted by Gasteiger charge is -2.22. The smallest absolute Gasteiger partial charge is 0.216 e. The van der Waals surface area contributed by atoms with E-state index >= 15 is 0 Å². The first-order valence-electron chi connectivity index (χ1n) is 9.52. The molecule has 0 saturated heterocycles. The molecule has 3 aromatic carbocycles. The van der Waals surface area contributed by atoms with Gasteiger partial charge in [-0.15, -0.1) is 0 Å². The van der Waals surface area contributed by atoms with Crippen molar-refractivity contribution in [2.75, 3.05) is 13.2 Å². The summed E-state index contributed by atoms with van der Waals surface area (Å²) in [6.07, 6.45) is 1.25. The molecule has 3 aromatic rings. The Bertz CT molecular complexity index is 822. The molecule has 0 unspecified atom stereocenters. The lowest BCUT2D eigenvalue weighted by molar-refractivity contribution is 0.348. The van der Waals surface area contributed by atoms with Gasteiger partial charge < -0.3 is 4.74 Å². The van der Waals surface area contributed by atoms with Gasteiger partial charge in [-0.3, -0.25) is 0 Å². The van der Waals surface area contributed by atoms with Crippen LogP contribution in [0.2, 0.25) is 0 Å². The van der Waals surface area contributed by atoms with Crippen molar-refractivity contribution in [1.82, 2.24) is 0 Å². The molecular weight excluding hydrogens is 349 g/mol. The van der Waals surface area contributed by atoms with E-state index in [0.717, 1.165) is 18.0 Å². The summed E-state index contributed by atoms with van der Waals surface area (Å²) < 4.78 is 5.76. The van der Waals surface area contributed by atoms with E-state index in [1.165, 1.54) is 22.3 Å². The molecule has 0 aromatic heterocycles. The molecule has 0 atom stereocenters. The van der Waals surface area contributed by atoms with Gasteiger partial charge in [-0.1, -0.05) is 99.1 Å². The highest BCUT2D eigenvalue weighted by Crippen LogP contribution is 2.34. The largest absolute Gasteiger partial charge is 0.475 e. The van der Waals surface area contributed by atoms with Gasteiger partial charge >= 0.3 is 0 Å². The van der Waals surface area contributed by atoms with Crippen molar-refractivity contribution in [2.45, 2.75) is 20.3 Å². The molecule has 0 spiro atoms. The van der Waals surface area contributed by atoms with Gasteiger partial charge in [-0.2, -0.15) is 0 Å². The molecule has 0 aliphatic carbocycles. The molecule has 2 nitrogen and oxygen atoms in total. The predicted octanol–water partition coefficient (Wildman–Crippen LogP) is 4.64. The van der Waals surface area contributed by atoms with Gasteiger partial charge in [0.05, 0.1) is 6.54 Å². The summed E-state index contributed by atoms with van der Waals surface area (Å²) in [5.41, 5.74) is 1.12. The molecule has 3 heteroatoms. The van der Waals surface area contributed by atoms with Crippen LogP contribution in [0.4, 0.5) is 0 Å². The maximum atomic E-state index is 5.76. The summed E-state index contributed by atoms with van der Waals surface area (Å²) in [6.45, 7) is 5.68. The minimum atomic E-state index is -0.644. The van der Waals surface area contributed by atoms with Crippen LogP contribution in [-0.2, 0) is 4.74 Å². The number of rotatable bonds is 4. The summed E-state index contributed by atoms with van der Waals surface area (Å²) in [5.74, 6) is 0.782. The van der Waals surface area contributed by atoms with Gasteiger partial charge in [0.25, 0.3) is 0 Å². The maximum absolute atomic E-state index is 5.76. The van der Waals surface area contributed by atoms with Gasteiger partial charge in [-0.25, -0.2) is 4.99 Å². The van der Waals surface area contributed by atoms with E-state index in [-0.39, 0.29) is 0 Å². The van der Waals surface area contributed by atoms with Crippen LogP contribution in [0.3, 0.4) is 0 Å². The Morgan fingerprint density at radius 3 is 1.81 bits per heavy atom. The first-order chi connectivity index (χ1) is 13.3. The lowest BCUT2D eigenvalue weighted by atomic mass is 10.2. The number of nitrogens with zero attached hydrogens (tertiary/aromatic N) is 1. The fraction of sp³-hybridized carbons (Fsp3) is 0.208. The molecule has 1 heterocycles. The summed E-state index contributed by atoms with van der Waals surface area (Å²) >= 11 is 0. The number of benzene rings is 3. The fourth-order valence-corrected chi connectivity index (χ4v) is 5.37. The Balaban J connectivity index is 0.000000659. The van der Waals surface area contributed by atoms with E-state index in [1.54, 1.807) is 0 Å². The highest BCUT2D eigenvalue weighted by molar-refractivity contribution is 7.80. The first-order valence-corrected chi connectivity index (χ1v) is 10.9. The van der Waals surface area contributed by atoms with Crippen LogP contribution in [0.15, 0.2) is 89.9 Å². The van der Waals surface area contributed by atoms with E-state index in [1.807, 2.05) is 0 Å². The Labute approximate surface area is 163 Å². The van der Waals surface area contributed by atoms with Crippen molar-refractivity contribution in [3.63, 3.8) is 0 Å². The van der Waals surface area contributed by atoms with Crippen molar-refractivity contribution < 1.29 is 4.74 Å². The normalized spacial score (nSPS) is 12.8. The summed E-state index contributed by atoms with van der Waals surface area (Å²) in [4.78, 5) is 4.54. The topological polar surface area (TPSA) is 21.6 Å². The molecule has 0 radical (unpaired) electrons. The molecule has 1 aliphatic rings. The Kier molecular flexibility index (Phi) is 7.19. The molecule has 4 rings (SSSR count). The minimum absolute atomic E-state index is 0.644. The predicted molar refractivity (Wildman–Crippen MR) is 118 cm³/mol. The molecule has 1 aliphatic heterocycles. The highest BCUT2D eigenvalue weighted by atomic mass is 31.1. The van der Waals surface area contributed by atoms with Gasteiger partial charge in [-0.05, 0) is 29.9 Å². The van der Waals surface area contributed by atoms with Crippen molar-refractivity contribution in [2.24, 2.45) is 4.99 Å². The SMILES string of the molecule is CCC.c1ccc(P(c2ccccc2)c2ccccc2C2=NCCO2)cc1. The van der Waals surface area contributed by atoms with Crippen molar-refractivity contribution >= 4 is 29.7 Å². The molecule has 0 bridgehead atoms. The zero-order chi connectivity index (χ0) is 18.9. The fourth-order valence-electron chi connectivity index (χ4n) is 2.93. The monoisotopic (exact) mass is 375 g/mol. The van der Waals surface area contributed by atoms with Crippen molar-refractivity contribution in [1.29, 1.82) is 0 Å². The number of ether oxygens (including phenoxy) is 1. The van der Waals surface area contributed by atoms with Crippen LogP contribution >= 0.6 is 7.92 Å². The van der Waals surface area contributed by atoms with Crippen LogP contribution in [-0.4, -0.2) is 19.0 Å². The lowest BCUT2D eigenvalue weighted by Crippen LogP contribution is -2.25. The van der Waals surface area contributed by atoms with Gasteiger partial charge in [0.15, 0.2) is 0 Å². The summed E-state index contributed by atoms with van der Waals surface area (Å²) in [5, 5.41) is 3.97. The molecule has 138 valence electrons. The van der Waals surface area contributed by atoms with E-state index in [4.69, 9.17) is 4.74 Å². The van der Waals surface area contributed by atoms with Crippen LogP contribution in [0.25, 0.3) is 0 Å². The second kappa shape index (κ2) is 10.0. The van der Waals surface area contributed by atoms with E-state index in [2.05, 4.69) is 104 Å². The molecule has 0 fully saturated rings. The van der Waals surface area contributed by atoms with Crippen LogP contribution in [0, 0.1) is 0 Å². The number of aliphatic imine (C=N–C) groups is 1. The number of hydrogen-bond acceptors (Lipinski definition) is 2. The third-order valence-corrected chi connectivity index (χ3v) is 6.49. The second-order valence-electron chi connectivity index (χ2n) is 6.27. The molecule has 0 saturated carbocycles. The third-order valence-electron chi connectivity index (χ3n) is 3.99.